The van der Waals surface area contributed by atoms with E-state index in [2.05, 4.69) is 49.5 Å². The molecule has 0 saturated carbocycles. The first kappa shape index (κ1) is 16.7. The van der Waals surface area contributed by atoms with Crippen molar-refractivity contribution in [1.29, 1.82) is 5.26 Å². The lowest BCUT2D eigenvalue weighted by Gasteiger charge is -2.33. The maximum absolute atomic E-state index is 12.4. The van der Waals surface area contributed by atoms with Crippen LogP contribution in [-0.2, 0) is 11.2 Å². The highest BCUT2D eigenvalue weighted by Gasteiger charge is 2.38. The van der Waals surface area contributed by atoms with Crippen molar-refractivity contribution >= 4 is 17.2 Å². The maximum atomic E-state index is 12.4. The van der Waals surface area contributed by atoms with Crippen LogP contribution >= 0.6 is 11.3 Å². The average molecular weight is 338 g/mol. The van der Waals surface area contributed by atoms with Gasteiger partial charge < -0.3 is 5.32 Å². The van der Waals surface area contributed by atoms with Gasteiger partial charge in [-0.15, -0.1) is 11.3 Å². The van der Waals surface area contributed by atoms with Gasteiger partial charge in [-0.05, 0) is 41.3 Å². The topological polar surface area (TPSA) is 52.9 Å². The Morgan fingerprint density at radius 3 is 2.62 bits per heavy atom. The van der Waals surface area contributed by atoms with E-state index in [9.17, 15) is 10.1 Å². The third-order valence-electron chi connectivity index (χ3n) is 4.56. The van der Waals surface area contributed by atoms with Crippen LogP contribution in [-0.4, -0.2) is 5.91 Å². The first-order valence-electron chi connectivity index (χ1n) is 8.40. The minimum atomic E-state index is -0.597. The highest BCUT2D eigenvalue weighted by molar-refractivity contribution is 7.10. The van der Waals surface area contributed by atoms with E-state index in [4.69, 9.17) is 0 Å². The Labute approximate surface area is 147 Å². The Morgan fingerprint density at radius 2 is 2.04 bits per heavy atom. The van der Waals surface area contributed by atoms with Crippen LogP contribution in [0, 0.1) is 23.2 Å². The predicted molar refractivity (Wildman–Crippen MR) is 96.6 cm³/mol. The van der Waals surface area contributed by atoms with E-state index in [1.54, 1.807) is 11.3 Å². The van der Waals surface area contributed by atoms with Crippen molar-refractivity contribution in [3.8, 4) is 6.07 Å². The third-order valence-corrected chi connectivity index (χ3v) is 5.57. The highest BCUT2D eigenvalue weighted by Crippen LogP contribution is 2.39. The summed E-state index contributed by atoms with van der Waals surface area (Å²) in [7, 11) is 0. The largest absolute Gasteiger partial charge is 0.348 e. The second-order valence-corrected chi connectivity index (χ2v) is 7.84. The molecule has 1 aliphatic rings. The lowest BCUT2D eigenvalue weighted by molar-refractivity contribution is -0.126. The number of nitriles is 1. The van der Waals surface area contributed by atoms with E-state index in [0.29, 0.717) is 5.92 Å². The molecule has 3 atom stereocenters. The second kappa shape index (κ2) is 7.19. The molecule has 3 nitrogen and oxygen atoms in total. The average Bonchev–Trinajstić information content (AvgIpc) is 3.08. The summed E-state index contributed by atoms with van der Waals surface area (Å²) >= 11 is 1.63. The number of nitrogens with zero attached hydrogens (tertiary/aromatic N) is 1. The third kappa shape index (κ3) is 3.52. The van der Waals surface area contributed by atoms with E-state index >= 15 is 0 Å². The molecule has 1 N–H and O–H groups in total. The zero-order valence-electron chi connectivity index (χ0n) is 14.0. The van der Waals surface area contributed by atoms with Crippen LogP contribution in [0.2, 0.25) is 0 Å². The minimum absolute atomic E-state index is 0.0240. The second-order valence-electron chi connectivity index (χ2n) is 6.87. The van der Waals surface area contributed by atoms with Gasteiger partial charge in [0.1, 0.15) is 5.92 Å². The fourth-order valence-electron chi connectivity index (χ4n) is 3.40. The van der Waals surface area contributed by atoms with E-state index in [1.807, 2.05) is 17.5 Å². The molecule has 1 aliphatic heterocycles. The Bertz CT molecular complexity index is 728. The molecule has 1 fully saturated rings. The van der Waals surface area contributed by atoms with Crippen LogP contribution in [0.4, 0.5) is 0 Å². The molecule has 4 heteroatoms. The molecular weight excluding hydrogens is 316 g/mol. The minimum Gasteiger partial charge on any atom is -0.348 e. The molecule has 2 heterocycles. The Morgan fingerprint density at radius 1 is 1.29 bits per heavy atom. The fourth-order valence-corrected chi connectivity index (χ4v) is 4.28. The monoisotopic (exact) mass is 338 g/mol. The van der Waals surface area contributed by atoms with Gasteiger partial charge in [0, 0.05) is 10.8 Å². The summed E-state index contributed by atoms with van der Waals surface area (Å²) in [6.45, 7) is 4.42. The fraction of sp³-hybridized carbons (Fsp3) is 0.400. The summed E-state index contributed by atoms with van der Waals surface area (Å²) in [5.41, 5.74) is 2.44. The van der Waals surface area contributed by atoms with Crippen molar-refractivity contribution in [2.45, 2.75) is 38.6 Å². The summed E-state index contributed by atoms with van der Waals surface area (Å²) in [6, 6.07) is 14.7. The number of carbonyl (C=O) groups excluding carboxylic acids is 1. The van der Waals surface area contributed by atoms with Gasteiger partial charge in [-0.2, -0.15) is 5.26 Å². The van der Waals surface area contributed by atoms with Crippen LogP contribution in [0.5, 0.6) is 0 Å². The van der Waals surface area contributed by atoms with Crippen molar-refractivity contribution in [3.63, 3.8) is 0 Å². The van der Waals surface area contributed by atoms with Crippen LogP contribution in [0.1, 0.15) is 48.2 Å². The lowest BCUT2D eigenvalue weighted by Crippen LogP contribution is -2.42. The molecule has 1 saturated heterocycles. The van der Waals surface area contributed by atoms with Gasteiger partial charge in [-0.1, -0.05) is 44.2 Å². The molecule has 124 valence electrons. The summed E-state index contributed by atoms with van der Waals surface area (Å²) in [5, 5.41) is 14.4. The number of piperidine rings is 1. The lowest BCUT2D eigenvalue weighted by atomic mass is 9.80. The van der Waals surface area contributed by atoms with Crippen molar-refractivity contribution in [3.05, 3.63) is 57.8 Å². The SMILES string of the molecule is CC(C)Cc1ccc(C2CC(c3cccs3)C(C#N)C(=O)N2)cc1. The zero-order chi connectivity index (χ0) is 17.1. The number of amides is 1. The number of hydrogen-bond acceptors (Lipinski definition) is 3. The predicted octanol–water partition coefficient (Wildman–Crippen LogP) is 4.43. The van der Waals surface area contributed by atoms with Gasteiger partial charge in [0.05, 0.1) is 12.1 Å². The summed E-state index contributed by atoms with van der Waals surface area (Å²) in [4.78, 5) is 13.5. The highest BCUT2D eigenvalue weighted by atomic mass is 32.1. The number of hydrogen-bond donors (Lipinski definition) is 1. The molecule has 3 rings (SSSR count). The number of rotatable bonds is 4. The van der Waals surface area contributed by atoms with Gasteiger partial charge in [-0.3, -0.25) is 4.79 Å². The molecule has 0 bridgehead atoms. The van der Waals surface area contributed by atoms with Gasteiger partial charge in [-0.25, -0.2) is 0 Å². The van der Waals surface area contributed by atoms with E-state index in [-0.39, 0.29) is 17.9 Å². The normalized spacial score (nSPS) is 23.8. The molecule has 1 aromatic heterocycles. The molecule has 3 unspecified atom stereocenters. The van der Waals surface area contributed by atoms with Crippen molar-refractivity contribution in [1.82, 2.24) is 5.32 Å². The molecule has 24 heavy (non-hydrogen) atoms. The molecule has 0 spiro atoms. The quantitative estimate of drug-likeness (QED) is 0.896. The standard InChI is InChI=1S/C20H22N2OS/c1-13(2)10-14-5-7-15(8-6-14)18-11-16(19-4-3-9-24-19)17(12-21)20(23)22-18/h3-9,13,16-18H,10-11H2,1-2H3,(H,22,23). The molecule has 2 aromatic rings. The number of carbonyl (C=O) groups is 1. The van der Waals surface area contributed by atoms with E-state index in [0.717, 1.165) is 23.3 Å². The molecule has 0 radical (unpaired) electrons. The molecule has 1 aromatic carbocycles. The molecule has 0 aliphatic carbocycles. The molecular formula is C20H22N2OS. The van der Waals surface area contributed by atoms with Crippen molar-refractivity contribution in [2.24, 2.45) is 11.8 Å². The van der Waals surface area contributed by atoms with Crippen molar-refractivity contribution < 1.29 is 4.79 Å². The first-order valence-corrected chi connectivity index (χ1v) is 9.28. The maximum Gasteiger partial charge on any atom is 0.238 e. The van der Waals surface area contributed by atoms with E-state index in [1.165, 1.54) is 5.56 Å². The van der Waals surface area contributed by atoms with Gasteiger partial charge in [0.25, 0.3) is 0 Å². The van der Waals surface area contributed by atoms with Gasteiger partial charge in [0.2, 0.25) is 5.91 Å². The van der Waals surface area contributed by atoms with Gasteiger partial charge in [0.15, 0.2) is 0 Å². The van der Waals surface area contributed by atoms with Crippen LogP contribution in [0.25, 0.3) is 0 Å². The number of benzene rings is 1. The summed E-state index contributed by atoms with van der Waals surface area (Å²) < 4.78 is 0. The first-order chi connectivity index (χ1) is 11.6. The van der Waals surface area contributed by atoms with Crippen LogP contribution < -0.4 is 5.32 Å². The zero-order valence-corrected chi connectivity index (χ0v) is 14.8. The van der Waals surface area contributed by atoms with Crippen molar-refractivity contribution in [2.75, 3.05) is 0 Å². The number of nitrogens with one attached hydrogen (secondary N) is 1. The Hall–Kier alpha value is -2.12. The molecule has 1 amide bonds. The summed E-state index contributed by atoms with van der Waals surface area (Å²) in [6.07, 6.45) is 1.83. The Kier molecular flexibility index (Phi) is 5.01. The smallest absolute Gasteiger partial charge is 0.238 e. The van der Waals surface area contributed by atoms with Crippen LogP contribution in [0.3, 0.4) is 0 Å². The number of thiophene rings is 1. The Balaban J connectivity index is 1.82. The van der Waals surface area contributed by atoms with Crippen LogP contribution in [0.15, 0.2) is 41.8 Å². The van der Waals surface area contributed by atoms with Gasteiger partial charge >= 0.3 is 0 Å². The van der Waals surface area contributed by atoms with E-state index < -0.39 is 5.92 Å². The summed E-state index contributed by atoms with van der Waals surface area (Å²) in [5.74, 6) is -0.146.